The Morgan fingerprint density at radius 3 is 2.75 bits per heavy atom. The molecule has 0 spiro atoms. The fourth-order valence-electron chi connectivity index (χ4n) is 1.46. The molecule has 0 aliphatic heterocycles. The summed E-state index contributed by atoms with van der Waals surface area (Å²) >= 11 is 3.37. The first-order valence-corrected chi connectivity index (χ1v) is 6.47. The summed E-state index contributed by atoms with van der Waals surface area (Å²) in [5.41, 5.74) is 0.648. The second-order valence-corrected chi connectivity index (χ2v) is 4.69. The molecular weight excluding hydrogens is 272 g/mol. The van der Waals surface area contributed by atoms with E-state index in [1.54, 1.807) is 11.8 Å². The summed E-state index contributed by atoms with van der Waals surface area (Å²) in [7, 11) is 0. The maximum atomic E-state index is 12.2. The average molecular weight is 289 g/mol. The minimum absolute atomic E-state index is 0.0778. The zero-order valence-electron chi connectivity index (χ0n) is 9.86. The Hall–Kier alpha value is -0.840. The third kappa shape index (κ3) is 3.07. The molecule has 0 saturated carbocycles. The number of hydrogen-bond acceptors (Lipinski definition) is 3. The zero-order valence-corrected chi connectivity index (χ0v) is 11.5. The lowest BCUT2D eigenvalue weighted by Crippen LogP contribution is -2.38. The van der Waals surface area contributed by atoms with Crippen molar-refractivity contribution >= 4 is 21.8 Å². The molecule has 1 aromatic rings. The topological polar surface area (TPSA) is 46.3 Å². The van der Waals surface area contributed by atoms with Gasteiger partial charge < -0.3 is 9.32 Å². The van der Waals surface area contributed by atoms with Gasteiger partial charge in [0.05, 0.1) is 5.69 Å². The SMILES string of the molecule is Cc1ncoc1C(=O)N(CCCBr)C(C)C. The maximum absolute atomic E-state index is 12.2. The molecule has 5 heteroatoms. The first kappa shape index (κ1) is 13.2. The zero-order chi connectivity index (χ0) is 12.1. The lowest BCUT2D eigenvalue weighted by atomic mass is 10.2. The van der Waals surface area contributed by atoms with Crippen molar-refractivity contribution in [3.8, 4) is 0 Å². The van der Waals surface area contributed by atoms with Crippen molar-refractivity contribution in [2.75, 3.05) is 11.9 Å². The van der Waals surface area contributed by atoms with Gasteiger partial charge in [-0.3, -0.25) is 4.79 Å². The Bertz CT molecular complexity index is 350. The minimum atomic E-state index is -0.0778. The van der Waals surface area contributed by atoms with Crippen molar-refractivity contribution in [1.82, 2.24) is 9.88 Å². The van der Waals surface area contributed by atoms with E-state index in [2.05, 4.69) is 20.9 Å². The van der Waals surface area contributed by atoms with Gasteiger partial charge >= 0.3 is 0 Å². The van der Waals surface area contributed by atoms with E-state index in [-0.39, 0.29) is 11.9 Å². The Labute approximate surface area is 104 Å². The number of rotatable bonds is 5. The van der Waals surface area contributed by atoms with Crippen molar-refractivity contribution in [2.45, 2.75) is 33.2 Å². The summed E-state index contributed by atoms with van der Waals surface area (Å²) in [5.74, 6) is 0.272. The number of oxazole rings is 1. The molecule has 0 aliphatic carbocycles. The molecule has 4 nitrogen and oxygen atoms in total. The number of carbonyl (C=O) groups excluding carboxylic acids is 1. The Morgan fingerprint density at radius 1 is 1.62 bits per heavy atom. The van der Waals surface area contributed by atoms with Crippen LogP contribution in [-0.2, 0) is 0 Å². The van der Waals surface area contributed by atoms with Gasteiger partial charge in [0.15, 0.2) is 6.39 Å². The van der Waals surface area contributed by atoms with Crippen LogP contribution in [0.1, 0.15) is 36.5 Å². The summed E-state index contributed by atoms with van der Waals surface area (Å²) < 4.78 is 5.12. The molecule has 0 bridgehead atoms. The first-order chi connectivity index (χ1) is 7.57. The lowest BCUT2D eigenvalue weighted by molar-refractivity contribution is 0.0673. The van der Waals surface area contributed by atoms with Crippen LogP contribution in [-0.4, -0.2) is 33.7 Å². The van der Waals surface area contributed by atoms with Crippen molar-refractivity contribution < 1.29 is 9.21 Å². The number of nitrogens with zero attached hydrogens (tertiary/aromatic N) is 2. The van der Waals surface area contributed by atoms with Crippen molar-refractivity contribution in [1.29, 1.82) is 0 Å². The number of aryl methyl sites for hydroxylation is 1. The van der Waals surface area contributed by atoms with Gasteiger partial charge in [0.25, 0.3) is 5.91 Å². The maximum Gasteiger partial charge on any atom is 0.291 e. The highest BCUT2D eigenvalue weighted by Crippen LogP contribution is 2.12. The smallest absolute Gasteiger partial charge is 0.291 e. The highest BCUT2D eigenvalue weighted by Gasteiger charge is 2.22. The van der Waals surface area contributed by atoms with Crippen LogP contribution in [0, 0.1) is 6.92 Å². The second kappa shape index (κ2) is 6.03. The number of amides is 1. The van der Waals surface area contributed by atoms with E-state index in [4.69, 9.17) is 4.42 Å². The van der Waals surface area contributed by atoms with E-state index >= 15 is 0 Å². The van der Waals surface area contributed by atoms with E-state index in [1.807, 2.05) is 13.8 Å². The second-order valence-electron chi connectivity index (χ2n) is 3.90. The minimum Gasteiger partial charge on any atom is -0.438 e. The Kier molecular flexibility index (Phi) is 4.99. The third-order valence-electron chi connectivity index (χ3n) is 2.36. The number of aromatic nitrogens is 1. The van der Waals surface area contributed by atoms with E-state index < -0.39 is 0 Å². The van der Waals surface area contributed by atoms with Crippen LogP contribution in [0.15, 0.2) is 10.8 Å². The first-order valence-electron chi connectivity index (χ1n) is 5.35. The Balaban J connectivity index is 2.79. The fourth-order valence-corrected chi connectivity index (χ4v) is 1.71. The summed E-state index contributed by atoms with van der Waals surface area (Å²) in [5, 5.41) is 0.888. The van der Waals surface area contributed by atoms with Crippen LogP contribution in [0.25, 0.3) is 0 Å². The van der Waals surface area contributed by atoms with Gasteiger partial charge in [-0.05, 0) is 27.2 Å². The molecule has 1 rings (SSSR count). The molecular formula is C11H17BrN2O2. The molecule has 0 aromatic carbocycles. The van der Waals surface area contributed by atoms with Crippen LogP contribution in [0.3, 0.4) is 0 Å². The van der Waals surface area contributed by atoms with Gasteiger partial charge in [-0.15, -0.1) is 0 Å². The van der Waals surface area contributed by atoms with Gasteiger partial charge in [0.2, 0.25) is 5.76 Å². The molecule has 0 unspecified atom stereocenters. The van der Waals surface area contributed by atoms with Gasteiger partial charge in [0, 0.05) is 17.9 Å². The molecule has 0 radical (unpaired) electrons. The summed E-state index contributed by atoms with van der Waals surface area (Å²) in [4.78, 5) is 17.9. The van der Waals surface area contributed by atoms with Crippen LogP contribution >= 0.6 is 15.9 Å². The molecule has 0 N–H and O–H groups in total. The Morgan fingerprint density at radius 2 is 2.31 bits per heavy atom. The van der Waals surface area contributed by atoms with Crippen LogP contribution in [0.4, 0.5) is 0 Å². The molecule has 16 heavy (non-hydrogen) atoms. The summed E-state index contributed by atoms with van der Waals surface area (Å²) in [6.45, 7) is 6.50. The van der Waals surface area contributed by atoms with Crippen molar-refractivity contribution in [3.05, 3.63) is 17.8 Å². The standard InChI is InChI=1S/C11H17BrN2O2/c1-8(2)14(6-4-5-12)11(15)10-9(3)13-7-16-10/h7-8H,4-6H2,1-3H3. The molecule has 0 aliphatic rings. The number of alkyl halides is 1. The number of halogens is 1. The fraction of sp³-hybridized carbons (Fsp3) is 0.636. The largest absolute Gasteiger partial charge is 0.438 e. The molecule has 1 aromatic heterocycles. The number of carbonyl (C=O) groups is 1. The van der Waals surface area contributed by atoms with Crippen LogP contribution in [0.2, 0.25) is 0 Å². The predicted molar refractivity (Wildman–Crippen MR) is 65.8 cm³/mol. The molecule has 0 atom stereocenters. The van der Waals surface area contributed by atoms with Gasteiger partial charge in [-0.1, -0.05) is 15.9 Å². The number of hydrogen-bond donors (Lipinski definition) is 0. The molecule has 1 amide bonds. The molecule has 1 heterocycles. The molecule has 0 saturated heterocycles. The van der Waals surface area contributed by atoms with E-state index in [9.17, 15) is 4.79 Å². The quantitative estimate of drug-likeness (QED) is 0.783. The van der Waals surface area contributed by atoms with E-state index in [0.717, 1.165) is 18.3 Å². The van der Waals surface area contributed by atoms with Crippen LogP contribution in [0.5, 0.6) is 0 Å². The predicted octanol–water partition coefficient (Wildman–Crippen LogP) is 2.62. The molecule has 90 valence electrons. The van der Waals surface area contributed by atoms with Crippen LogP contribution < -0.4 is 0 Å². The monoisotopic (exact) mass is 288 g/mol. The van der Waals surface area contributed by atoms with Gasteiger partial charge in [0.1, 0.15) is 0 Å². The van der Waals surface area contributed by atoms with Crippen molar-refractivity contribution in [2.24, 2.45) is 0 Å². The van der Waals surface area contributed by atoms with Crippen molar-refractivity contribution in [3.63, 3.8) is 0 Å². The normalized spacial score (nSPS) is 10.8. The van der Waals surface area contributed by atoms with Gasteiger partial charge in [-0.25, -0.2) is 4.98 Å². The molecule has 0 fully saturated rings. The van der Waals surface area contributed by atoms with Gasteiger partial charge in [-0.2, -0.15) is 0 Å². The highest BCUT2D eigenvalue weighted by atomic mass is 79.9. The summed E-state index contributed by atoms with van der Waals surface area (Å²) in [6, 6.07) is 0.163. The summed E-state index contributed by atoms with van der Waals surface area (Å²) in [6.07, 6.45) is 2.24. The van der Waals surface area contributed by atoms with E-state index in [1.165, 1.54) is 6.39 Å². The van der Waals surface area contributed by atoms with E-state index in [0.29, 0.717) is 11.5 Å². The lowest BCUT2D eigenvalue weighted by Gasteiger charge is -2.25. The third-order valence-corrected chi connectivity index (χ3v) is 2.92. The average Bonchev–Trinajstić information content (AvgIpc) is 2.64. The highest BCUT2D eigenvalue weighted by molar-refractivity contribution is 9.09.